The molecule has 0 saturated heterocycles. The molecule has 0 saturated carbocycles. The highest BCUT2D eigenvalue weighted by Crippen LogP contribution is 2.43. The summed E-state index contributed by atoms with van der Waals surface area (Å²) < 4.78 is 7.20. The molecule has 3 rings (SSSR count). The Morgan fingerprint density at radius 3 is 2.27 bits per heavy atom. The zero-order valence-electron chi connectivity index (χ0n) is 26.4. The standard InChI is InChI=1S/C33H48N4O4S3/c1-4-5-6-7-8-9-10-11-12-15-21-41-22-16-19-34-31(40)28-29(39)26-18-14-13-17-25(26)27(24-38)30(28)43-33-36-35-32(44-33)42-23-20-37(2)3/h13-14,17-18,24,39H,4-12,15-16,19-23H2,1-3H3,(H,34,40). The van der Waals surface area contributed by atoms with Crippen molar-refractivity contribution in [3.63, 3.8) is 0 Å². The van der Waals surface area contributed by atoms with Gasteiger partial charge in [-0.05, 0) is 32.3 Å². The summed E-state index contributed by atoms with van der Waals surface area (Å²) in [4.78, 5) is 28.3. The van der Waals surface area contributed by atoms with E-state index >= 15 is 0 Å². The first-order chi connectivity index (χ1) is 21.5. The number of carbonyl (C=O) groups excluding carboxylic acids is 2. The maximum atomic E-state index is 13.5. The number of fused-ring (bicyclic) bond motifs is 1. The van der Waals surface area contributed by atoms with E-state index in [9.17, 15) is 14.7 Å². The van der Waals surface area contributed by atoms with Gasteiger partial charge < -0.3 is 20.1 Å². The van der Waals surface area contributed by atoms with E-state index in [2.05, 4.69) is 27.3 Å². The Bertz CT molecular complexity index is 1300. The highest BCUT2D eigenvalue weighted by atomic mass is 32.2. The number of ether oxygens (including phenoxy) is 1. The molecule has 44 heavy (non-hydrogen) atoms. The van der Waals surface area contributed by atoms with Crippen LogP contribution >= 0.6 is 34.9 Å². The lowest BCUT2D eigenvalue weighted by Crippen LogP contribution is -2.26. The van der Waals surface area contributed by atoms with Crippen LogP contribution in [0, 0.1) is 0 Å². The van der Waals surface area contributed by atoms with Gasteiger partial charge in [-0.1, -0.05) is 124 Å². The van der Waals surface area contributed by atoms with Crippen molar-refractivity contribution >= 4 is 57.8 Å². The Balaban J connectivity index is 1.52. The van der Waals surface area contributed by atoms with Crippen molar-refractivity contribution in [3.05, 3.63) is 35.4 Å². The van der Waals surface area contributed by atoms with Crippen LogP contribution in [-0.4, -0.2) is 78.5 Å². The SMILES string of the molecule is CCCCCCCCCCCCOCCCNC(=O)c1c(Sc2nnc(SCCN(C)C)s2)c(C=O)c2ccccc2c1O. The highest BCUT2D eigenvalue weighted by Gasteiger charge is 2.25. The van der Waals surface area contributed by atoms with Gasteiger partial charge in [-0.25, -0.2) is 0 Å². The third-order valence-corrected chi connectivity index (χ3v) is 10.5. The second kappa shape index (κ2) is 20.8. The normalized spacial score (nSPS) is 11.5. The monoisotopic (exact) mass is 660 g/mol. The molecule has 8 nitrogen and oxygen atoms in total. The van der Waals surface area contributed by atoms with E-state index in [0.717, 1.165) is 36.0 Å². The molecule has 0 fully saturated rings. The Kier molecular flexibility index (Phi) is 17.1. The lowest BCUT2D eigenvalue weighted by molar-refractivity contribution is 0.0934. The number of hydrogen-bond acceptors (Lipinski definition) is 10. The van der Waals surface area contributed by atoms with Crippen LogP contribution in [0.2, 0.25) is 0 Å². The predicted molar refractivity (Wildman–Crippen MR) is 184 cm³/mol. The van der Waals surface area contributed by atoms with Crippen molar-refractivity contribution in [2.75, 3.05) is 46.2 Å². The number of aldehydes is 1. The molecule has 3 aromatic rings. The maximum Gasteiger partial charge on any atom is 0.256 e. The number of amides is 1. The first-order valence-electron chi connectivity index (χ1n) is 15.8. The van der Waals surface area contributed by atoms with Crippen LogP contribution in [0.25, 0.3) is 10.8 Å². The van der Waals surface area contributed by atoms with Crippen molar-refractivity contribution in [1.29, 1.82) is 0 Å². The molecule has 0 unspecified atom stereocenters. The highest BCUT2D eigenvalue weighted by molar-refractivity contribution is 8.03. The van der Waals surface area contributed by atoms with Crippen molar-refractivity contribution < 1.29 is 19.4 Å². The molecule has 11 heteroatoms. The zero-order chi connectivity index (χ0) is 31.6. The molecule has 0 aliphatic heterocycles. The van der Waals surface area contributed by atoms with Crippen molar-refractivity contribution in [1.82, 2.24) is 20.4 Å². The van der Waals surface area contributed by atoms with Gasteiger partial charge in [0.1, 0.15) is 5.75 Å². The first kappa shape index (κ1) is 36.3. The molecule has 242 valence electrons. The second-order valence-electron chi connectivity index (χ2n) is 11.1. The van der Waals surface area contributed by atoms with E-state index in [1.54, 1.807) is 30.0 Å². The quantitative estimate of drug-likeness (QED) is 0.0593. The fourth-order valence-electron chi connectivity index (χ4n) is 4.82. The third kappa shape index (κ3) is 12.0. The Morgan fingerprint density at radius 2 is 1.59 bits per heavy atom. The first-order valence-corrected chi connectivity index (χ1v) is 18.5. The van der Waals surface area contributed by atoms with Crippen LogP contribution in [0.1, 0.15) is 98.3 Å². The van der Waals surface area contributed by atoms with Crippen LogP contribution in [0.3, 0.4) is 0 Å². The van der Waals surface area contributed by atoms with E-state index < -0.39 is 5.91 Å². The summed E-state index contributed by atoms with van der Waals surface area (Å²) >= 11 is 4.21. The number of aromatic nitrogens is 2. The van der Waals surface area contributed by atoms with Gasteiger partial charge in [0, 0.05) is 47.9 Å². The average molecular weight is 661 g/mol. The molecule has 0 atom stereocenters. The molecule has 0 aliphatic rings. The summed E-state index contributed by atoms with van der Waals surface area (Å²) in [5.74, 6) is 0.298. The molecule has 0 bridgehead atoms. The van der Waals surface area contributed by atoms with Gasteiger partial charge in [-0.2, -0.15) is 0 Å². The average Bonchev–Trinajstić information content (AvgIpc) is 3.46. The smallest absolute Gasteiger partial charge is 0.256 e. The number of benzene rings is 2. The predicted octanol–water partition coefficient (Wildman–Crippen LogP) is 8.07. The molecular formula is C33H48N4O4S3. The van der Waals surface area contributed by atoms with Crippen LogP contribution in [0.4, 0.5) is 0 Å². The number of unbranched alkanes of at least 4 members (excludes halogenated alkanes) is 9. The molecule has 1 amide bonds. The Labute approximate surface area is 275 Å². The van der Waals surface area contributed by atoms with Gasteiger partial charge in [-0.3, -0.25) is 9.59 Å². The summed E-state index contributed by atoms with van der Waals surface area (Å²) in [6, 6.07) is 7.08. The number of nitrogens with zero attached hydrogens (tertiary/aromatic N) is 3. The molecule has 0 spiro atoms. The maximum absolute atomic E-state index is 13.5. The summed E-state index contributed by atoms with van der Waals surface area (Å²) in [5.41, 5.74) is 0.435. The number of nitrogens with one attached hydrogen (secondary N) is 1. The van der Waals surface area contributed by atoms with Gasteiger partial charge in [0.2, 0.25) is 0 Å². The van der Waals surface area contributed by atoms with Gasteiger partial charge in [0.25, 0.3) is 5.91 Å². The molecule has 2 aromatic carbocycles. The largest absolute Gasteiger partial charge is 0.506 e. The number of carbonyl (C=O) groups is 2. The van der Waals surface area contributed by atoms with E-state index in [1.807, 2.05) is 20.2 Å². The molecule has 1 heterocycles. The van der Waals surface area contributed by atoms with Crippen LogP contribution in [0.15, 0.2) is 37.8 Å². The topological polar surface area (TPSA) is 105 Å². The van der Waals surface area contributed by atoms with Crippen LogP contribution in [0.5, 0.6) is 5.75 Å². The molecule has 1 aromatic heterocycles. The van der Waals surface area contributed by atoms with Crippen molar-refractivity contribution in [2.45, 2.75) is 91.1 Å². The summed E-state index contributed by atoms with van der Waals surface area (Å²) in [5, 5.41) is 23.8. The molecule has 2 N–H and O–H groups in total. The minimum atomic E-state index is -0.432. The van der Waals surface area contributed by atoms with E-state index in [0.29, 0.717) is 45.1 Å². The van der Waals surface area contributed by atoms with Gasteiger partial charge in [0.05, 0.1) is 5.56 Å². The fourth-order valence-corrected chi connectivity index (χ4v) is 8.21. The van der Waals surface area contributed by atoms with Crippen LogP contribution < -0.4 is 5.32 Å². The van der Waals surface area contributed by atoms with E-state index in [4.69, 9.17) is 4.74 Å². The van der Waals surface area contributed by atoms with Gasteiger partial charge in [-0.15, -0.1) is 10.2 Å². The van der Waals surface area contributed by atoms with E-state index in [-0.39, 0.29) is 11.3 Å². The minimum Gasteiger partial charge on any atom is -0.506 e. The summed E-state index contributed by atoms with van der Waals surface area (Å²) in [7, 11) is 4.04. The molecular weight excluding hydrogens is 613 g/mol. The number of hydrogen-bond donors (Lipinski definition) is 2. The molecule has 0 aliphatic carbocycles. The Morgan fingerprint density at radius 1 is 0.955 bits per heavy atom. The van der Waals surface area contributed by atoms with Crippen LogP contribution in [-0.2, 0) is 4.74 Å². The van der Waals surface area contributed by atoms with Gasteiger partial charge >= 0.3 is 0 Å². The molecule has 0 radical (unpaired) electrons. The fraction of sp³-hybridized carbons (Fsp3) is 0.576. The summed E-state index contributed by atoms with van der Waals surface area (Å²) in [6.45, 7) is 4.85. The number of thioether (sulfide) groups is 1. The lowest BCUT2D eigenvalue weighted by Gasteiger charge is -2.16. The number of aromatic hydroxyl groups is 1. The number of phenolic OH excluding ortho intramolecular Hbond substituents is 1. The van der Waals surface area contributed by atoms with E-state index in [1.165, 1.54) is 80.9 Å². The third-order valence-electron chi connectivity index (χ3n) is 7.26. The zero-order valence-corrected chi connectivity index (χ0v) is 28.9. The Hall–Kier alpha value is -2.18. The second-order valence-corrected chi connectivity index (χ2v) is 14.7. The summed E-state index contributed by atoms with van der Waals surface area (Å²) in [6.07, 6.45) is 14.3. The van der Waals surface area contributed by atoms with Crippen molar-refractivity contribution in [3.8, 4) is 5.75 Å². The number of rotatable bonds is 23. The lowest BCUT2D eigenvalue weighted by atomic mass is 9.99. The minimum absolute atomic E-state index is 0.0825. The van der Waals surface area contributed by atoms with Gasteiger partial charge in [0.15, 0.2) is 15.0 Å². The number of phenols is 1. The van der Waals surface area contributed by atoms with Crippen molar-refractivity contribution in [2.24, 2.45) is 0 Å².